The lowest BCUT2D eigenvalue weighted by Gasteiger charge is -2.25. The smallest absolute Gasteiger partial charge is 0.383 e. The Hall–Kier alpha value is -1.18. The first-order chi connectivity index (χ1) is 11.2. The van der Waals surface area contributed by atoms with Gasteiger partial charge >= 0.3 is 5.30 Å². The lowest BCUT2D eigenvalue weighted by Crippen LogP contribution is -2.42. The van der Waals surface area contributed by atoms with Crippen LogP contribution in [0.2, 0.25) is 0 Å². The molecule has 23 heavy (non-hydrogen) atoms. The first-order valence-corrected chi connectivity index (χ1v) is 9.68. The molecule has 1 atom stereocenters. The lowest BCUT2D eigenvalue weighted by atomic mass is 10.2. The molecule has 0 N–H and O–H groups in total. The van der Waals surface area contributed by atoms with E-state index >= 15 is 0 Å². The zero-order valence-corrected chi connectivity index (χ0v) is 14.5. The minimum absolute atomic E-state index is 0.149. The Balaban J connectivity index is 1.49. The number of rotatable bonds is 4. The quantitative estimate of drug-likeness (QED) is 0.613. The van der Waals surface area contributed by atoms with Crippen molar-refractivity contribution in [3.63, 3.8) is 0 Å². The van der Waals surface area contributed by atoms with Crippen LogP contribution in [-0.4, -0.2) is 51.2 Å². The summed E-state index contributed by atoms with van der Waals surface area (Å²) in [6, 6.07) is 9.41. The SMILES string of the molecule is O=C(OCc1ccccc1)SN1CCCC1C(=O)N1CCSC1. The number of nitrogens with zero attached hydrogens (tertiary/aromatic N) is 2. The van der Waals surface area contributed by atoms with Crippen LogP contribution in [0.15, 0.2) is 30.3 Å². The highest BCUT2D eigenvalue weighted by molar-refractivity contribution is 8.11. The maximum absolute atomic E-state index is 12.5. The Kier molecular flexibility index (Phi) is 5.85. The van der Waals surface area contributed by atoms with Gasteiger partial charge in [-0.1, -0.05) is 30.3 Å². The maximum atomic E-state index is 12.5. The highest BCUT2D eigenvalue weighted by atomic mass is 32.2. The van der Waals surface area contributed by atoms with Gasteiger partial charge in [-0.2, -0.15) is 0 Å². The Labute approximate surface area is 144 Å². The van der Waals surface area contributed by atoms with Crippen molar-refractivity contribution in [2.75, 3.05) is 24.7 Å². The van der Waals surface area contributed by atoms with Crippen molar-refractivity contribution in [2.24, 2.45) is 0 Å². The summed E-state index contributed by atoms with van der Waals surface area (Å²) in [5.74, 6) is 1.92. The van der Waals surface area contributed by atoms with E-state index in [0.717, 1.165) is 55.1 Å². The second-order valence-electron chi connectivity index (χ2n) is 5.55. The number of amides is 1. The molecule has 1 amide bonds. The molecule has 1 aromatic carbocycles. The molecular weight excluding hydrogens is 332 g/mol. The zero-order valence-electron chi connectivity index (χ0n) is 12.8. The molecule has 0 spiro atoms. The summed E-state index contributed by atoms with van der Waals surface area (Å²) >= 11 is 2.82. The van der Waals surface area contributed by atoms with E-state index in [-0.39, 0.29) is 23.9 Å². The molecule has 2 fully saturated rings. The van der Waals surface area contributed by atoms with Crippen LogP contribution in [0.4, 0.5) is 4.79 Å². The van der Waals surface area contributed by atoms with Crippen molar-refractivity contribution in [2.45, 2.75) is 25.5 Å². The molecule has 0 aromatic heterocycles. The molecule has 2 aliphatic rings. The Morgan fingerprint density at radius 3 is 2.83 bits per heavy atom. The van der Waals surface area contributed by atoms with E-state index in [0.29, 0.717) is 0 Å². The van der Waals surface area contributed by atoms with Gasteiger partial charge in [-0.05, 0) is 18.4 Å². The summed E-state index contributed by atoms with van der Waals surface area (Å²) in [6.07, 6.45) is 1.76. The Bertz CT molecular complexity index is 550. The van der Waals surface area contributed by atoms with Crippen molar-refractivity contribution in [3.8, 4) is 0 Å². The topological polar surface area (TPSA) is 49.9 Å². The molecule has 1 unspecified atom stereocenters. The second kappa shape index (κ2) is 8.08. The summed E-state index contributed by atoms with van der Waals surface area (Å²) in [4.78, 5) is 26.4. The molecule has 7 heteroatoms. The van der Waals surface area contributed by atoms with E-state index in [1.807, 2.05) is 39.5 Å². The van der Waals surface area contributed by atoms with Crippen molar-refractivity contribution < 1.29 is 14.3 Å². The monoisotopic (exact) mass is 352 g/mol. The van der Waals surface area contributed by atoms with Gasteiger partial charge in [-0.15, -0.1) is 11.8 Å². The van der Waals surface area contributed by atoms with Crippen LogP contribution in [0, 0.1) is 0 Å². The van der Waals surface area contributed by atoms with Gasteiger partial charge in [0.25, 0.3) is 0 Å². The van der Waals surface area contributed by atoms with Crippen LogP contribution in [-0.2, 0) is 16.1 Å². The summed E-state index contributed by atoms with van der Waals surface area (Å²) in [5.41, 5.74) is 0.963. The number of benzene rings is 1. The average molecular weight is 352 g/mol. The Morgan fingerprint density at radius 2 is 2.09 bits per heavy atom. The fourth-order valence-electron chi connectivity index (χ4n) is 2.73. The molecule has 5 nitrogen and oxygen atoms in total. The number of hydrogen-bond donors (Lipinski definition) is 0. The fourth-order valence-corrected chi connectivity index (χ4v) is 4.54. The minimum Gasteiger partial charge on any atom is -0.452 e. The van der Waals surface area contributed by atoms with Crippen molar-refractivity contribution in [3.05, 3.63) is 35.9 Å². The second-order valence-corrected chi connectivity index (χ2v) is 7.61. The van der Waals surface area contributed by atoms with Gasteiger partial charge in [0.15, 0.2) is 0 Å². The molecule has 2 aliphatic heterocycles. The van der Waals surface area contributed by atoms with Gasteiger partial charge in [0, 0.05) is 30.8 Å². The summed E-state index contributed by atoms with van der Waals surface area (Å²) in [7, 11) is 0. The third kappa shape index (κ3) is 4.43. The zero-order chi connectivity index (χ0) is 16.1. The predicted octanol–water partition coefficient (Wildman–Crippen LogP) is 2.97. The predicted molar refractivity (Wildman–Crippen MR) is 93.0 cm³/mol. The molecule has 1 aromatic rings. The van der Waals surface area contributed by atoms with Crippen molar-refractivity contribution in [1.29, 1.82) is 0 Å². The first-order valence-electron chi connectivity index (χ1n) is 7.76. The van der Waals surface area contributed by atoms with Crippen LogP contribution in [0.25, 0.3) is 0 Å². The third-order valence-electron chi connectivity index (χ3n) is 3.94. The molecule has 0 aliphatic carbocycles. The molecule has 124 valence electrons. The average Bonchev–Trinajstić information content (AvgIpc) is 3.25. The highest BCUT2D eigenvalue weighted by Gasteiger charge is 2.36. The molecular formula is C16H20N2O3S2. The molecule has 0 saturated carbocycles. The normalized spacial score (nSPS) is 21.6. The number of carbonyl (C=O) groups is 2. The Morgan fingerprint density at radius 1 is 1.26 bits per heavy atom. The largest absolute Gasteiger partial charge is 0.452 e. The third-order valence-corrected chi connectivity index (χ3v) is 5.85. The van der Waals surface area contributed by atoms with Gasteiger partial charge in [-0.25, -0.2) is 9.10 Å². The van der Waals surface area contributed by atoms with E-state index in [1.165, 1.54) is 0 Å². The first kappa shape index (κ1) is 16.7. The number of carbonyl (C=O) groups excluding carboxylic acids is 2. The van der Waals surface area contributed by atoms with E-state index in [4.69, 9.17) is 4.74 Å². The standard InChI is InChI=1S/C16H20N2O3S2/c19-15(17-9-10-22-12-17)14-7-4-8-18(14)23-16(20)21-11-13-5-2-1-3-6-13/h1-3,5-6,14H,4,7-12H2. The van der Waals surface area contributed by atoms with Gasteiger partial charge < -0.3 is 9.64 Å². The fraction of sp³-hybridized carbons (Fsp3) is 0.500. The number of ether oxygens (including phenoxy) is 1. The van der Waals surface area contributed by atoms with Gasteiger partial charge in [0.05, 0.1) is 11.9 Å². The van der Waals surface area contributed by atoms with Gasteiger partial charge in [0.2, 0.25) is 5.91 Å². The number of hydrogen-bond acceptors (Lipinski definition) is 6. The minimum atomic E-state index is -0.343. The summed E-state index contributed by atoms with van der Waals surface area (Å²) < 4.78 is 7.18. The lowest BCUT2D eigenvalue weighted by molar-refractivity contribution is -0.132. The molecule has 3 rings (SSSR count). The van der Waals surface area contributed by atoms with E-state index in [1.54, 1.807) is 11.8 Å². The van der Waals surface area contributed by atoms with Crippen molar-refractivity contribution in [1.82, 2.24) is 9.21 Å². The maximum Gasteiger partial charge on any atom is 0.383 e. The van der Waals surface area contributed by atoms with E-state index in [9.17, 15) is 9.59 Å². The van der Waals surface area contributed by atoms with Crippen LogP contribution in [0.5, 0.6) is 0 Å². The summed E-state index contributed by atoms with van der Waals surface area (Å²) in [6.45, 7) is 1.83. The van der Waals surface area contributed by atoms with Crippen molar-refractivity contribution >= 4 is 34.9 Å². The molecule has 2 saturated heterocycles. The number of thioether (sulfide) groups is 1. The van der Waals surface area contributed by atoms with E-state index < -0.39 is 0 Å². The van der Waals surface area contributed by atoms with Gasteiger partial charge in [0.1, 0.15) is 6.61 Å². The van der Waals surface area contributed by atoms with Crippen LogP contribution >= 0.6 is 23.7 Å². The molecule has 0 bridgehead atoms. The highest BCUT2D eigenvalue weighted by Crippen LogP contribution is 2.29. The summed E-state index contributed by atoms with van der Waals surface area (Å²) in [5, 5.41) is -0.343. The van der Waals surface area contributed by atoms with Gasteiger partial charge in [-0.3, -0.25) is 4.79 Å². The van der Waals surface area contributed by atoms with Crippen LogP contribution in [0.3, 0.4) is 0 Å². The van der Waals surface area contributed by atoms with Crippen LogP contribution in [0.1, 0.15) is 18.4 Å². The molecule has 0 radical (unpaired) electrons. The van der Waals surface area contributed by atoms with Crippen LogP contribution < -0.4 is 0 Å². The van der Waals surface area contributed by atoms with E-state index in [2.05, 4.69) is 0 Å². The molecule has 2 heterocycles.